The van der Waals surface area contributed by atoms with Gasteiger partial charge in [0.25, 0.3) is 11.5 Å². The maximum Gasteiger partial charge on any atom is 0.255 e. The molecule has 2 N–H and O–H groups in total. The maximum atomic E-state index is 13.0. The van der Waals surface area contributed by atoms with Crippen LogP contribution in [0, 0.1) is 13.8 Å². The van der Waals surface area contributed by atoms with Crippen LogP contribution in [0.1, 0.15) is 42.4 Å². The summed E-state index contributed by atoms with van der Waals surface area (Å²) >= 11 is 0. The third-order valence-electron chi connectivity index (χ3n) is 4.39. The van der Waals surface area contributed by atoms with Crippen LogP contribution >= 0.6 is 12.4 Å². The Balaban J connectivity index is 0.00000338. The predicted molar refractivity (Wildman–Crippen MR) is 104 cm³/mol. The molecule has 0 radical (unpaired) electrons. The summed E-state index contributed by atoms with van der Waals surface area (Å²) in [7, 11) is 0. The summed E-state index contributed by atoms with van der Waals surface area (Å²) in [6, 6.07) is 1.67. The fraction of sp³-hybridized carbons (Fsp3) is 0.611. The van der Waals surface area contributed by atoms with Crippen LogP contribution in [0.25, 0.3) is 0 Å². The first kappa shape index (κ1) is 22.2. The molecule has 0 spiro atoms. The molecule has 0 aromatic carbocycles. The molecule has 0 bridgehead atoms. The number of carbonyl (C=O) groups excluding carboxylic acids is 2. The third-order valence-corrected chi connectivity index (χ3v) is 4.39. The maximum absolute atomic E-state index is 13.0. The quantitative estimate of drug-likeness (QED) is 0.806. The molecule has 1 unspecified atom stereocenters. The fourth-order valence-electron chi connectivity index (χ4n) is 3.23. The lowest BCUT2D eigenvalue weighted by molar-refractivity contribution is -0.122. The van der Waals surface area contributed by atoms with E-state index in [2.05, 4.69) is 10.6 Å². The van der Waals surface area contributed by atoms with Crippen molar-refractivity contribution in [1.29, 1.82) is 0 Å². The molecule has 8 heteroatoms. The van der Waals surface area contributed by atoms with Gasteiger partial charge in [-0.05, 0) is 40.2 Å². The molecule has 0 aliphatic carbocycles. The van der Waals surface area contributed by atoms with Crippen LogP contribution in [-0.4, -0.2) is 53.0 Å². The van der Waals surface area contributed by atoms with E-state index < -0.39 is 0 Å². The van der Waals surface area contributed by atoms with Crippen molar-refractivity contribution in [2.24, 2.45) is 0 Å². The summed E-state index contributed by atoms with van der Waals surface area (Å²) in [5.74, 6) is -0.320. The van der Waals surface area contributed by atoms with Crippen LogP contribution < -0.4 is 16.2 Å². The number of aromatic nitrogens is 1. The fourth-order valence-corrected chi connectivity index (χ4v) is 3.23. The Morgan fingerprint density at radius 1 is 1.35 bits per heavy atom. The largest absolute Gasteiger partial charge is 0.352 e. The highest BCUT2D eigenvalue weighted by Crippen LogP contribution is 2.16. The molecule has 1 fully saturated rings. The van der Waals surface area contributed by atoms with Crippen LogP contribution in [0.2, 0.25) is 0 Å². The van der Waals surface area contributed by atoms with Crippen molar-refractivity contribution in [1.82, 2.24) is 20.1 Å². The monoisotopic (exact) mass is 384 g/mol. The Morgan fingerprint density at radius 3 is 2.58 bits per heavy atom. The van der Waals surface area contributed by atoms with E-state index in [0.717, 1.165) is 6.54 Å². The molecule has 1 atom stereocenters. The SMILES string of the molecule is Cc1cc(=O)n(CC(=O)NC(C)C)c(C)c1C(=O)N1CCNC(C)C1.Cl. The number of halogens is 1. The van der Waals surface area contributed by atoms with Crippen LogP contribution in [0.4, 0.5) is 0 Å². The Bertz CT molecular complexity index is 730. The van der Waals surface area contributed by atoms with Gasteiger partial charge in [0.15, 0.2) is 0 Å². The van der Waals surface area contributed by atoms with Crippen LogP contribution in [-0.2, 0) is 11.3 Å². The van der Waals surface area contributed by atoms with Crippen molar-refractivity contribution in [3.8, 4) is 0 Å². The molecule has 7 nitrogen and oxygen atoms in total. The second-order valence-corrected chi connectivity index (χ2v) is 7.04. The first-order valence-electron chi connectivity index (χ1n) is 8.73. The molecule has 1 saturated heterocycles. The Labute approximate surface area is 160 Å². The zero-order valence-electron chi connectivity index (χ0n) is 16.1. The zero-order valence-corrected chi connectivity index (χ0v) is 16.9. The second-order valence-electron chi connectivity index (χ2n) is 7.04. The van der Waals surface area contributed by atoms with Crippen molar-refractivity contribution in [2.75, 3.05) is 19.6 Å². The number of nitrogens with zero attached hydrogens (tertiary/aromatic N) is 2. The zero-order chi connectivity index (χ0) is 18.7. The van der Waals surface area contributed by atoms with E-state index in [9.17, 15) is 14.4 Å². The van der Waals surface area contributed by atoms with Gasteiger partial charge >= 0.3 is 0 Å². The summed E-state index contributed by atoms with van der Waals surface area (Å²) in [6.45, 7) is 11.2. The van der Waals surface area contributed by atoms with E-state index in [1.165, 1.54) is 10.6 Å². The number of piperazine rings is 1. The topological polar surface area (TPSA) is 83.4 Å². The van der Waals surface area contributed by atoms with Gasteiger partial charge in [-0.1, -0.05) is 0 Å². The van der Waals surface area contributed by atoms with Gasteiger partial charge in [-0.2, -0.15) is 0 Å². The number of pyridine rings is 1. The van der Waals surface area contributed by atoms with Crippen molar-refractivity contribution in [2.45, 2.75) is 53.2 Å². The lowest BCUT2D eigenvalue weighted by Crippen LogP contribution is -2.51. The summed E-state index contributed by atoms with van der Waals surface area (Å²) in [5, 5.41) is 6.09. The van der Waals surface area contributed by atoms with Crippen LogP contribution in [0.3, 0.4) is 0 Å². The van der Waals surface area contributed by atoms with Gasteiger partial charge in [0.05, 0.1) is 5.56 Å². The molecule has 1 aromatic rings. The molecule has 2 heterocycles. The number of rotatable bonds is 4. The normalized spacial score (nSPS) is 17.0. The molecule has 2 amide bonds. The molecule has 2 rings (SSSR count). The number of amides is 2. The van der Waals surface area contributed by atoms with E-state index in [0.29, 0.717) is 29.9 Å². The number of carbonyl (C=O) groups is 2. The van der Waals surface area contributed by atoms with E-state index in [1.54, 1.807) is 18.7 Å². The first-order valence-corrected chi connectivity index (χ1v) is 8.73. The average molecular weight is 385 g/mol. The predicted octanol–water partition coefficient (Wildman–Crippen LogP) is 0.845. The number of nitrogens with one attached hydrogen (secondary N) is 2. The highest BCUT2D eigenvalue weighted by atomic mass is 35.5. The number of hydrogen-bond donors (Lipinski definition) is 2. The second kappa shape index (κ2) is 9.19. The van der Waals surface area contributed by atoms with Crippen LogP contribution in [0.5, 0.6) is 0 Å². The van der Waals surface area contributed by atoms with Gasteiger partial charge in [-0.15, -0.1) is 12.4 Å². The van der Waals surface area contributed by atoms with E-state index in [1.807, 2.05) is 20.8 Å². The van der Waals surface area contributed by atoms with Crippen molar-refractivity contribution < 1.29 is 9.59 Å². The standard InChI is InChI=1S/C18H28N4O3.ClH/c1-11(2)20-15(23)10-22-14(5)17(12(3)8-16(22)24)18(25)21-7-6-19-13(4)9-21;/h8,11,13,19H,6-7,9-10H2,1-5H3,(H,20,23);1H. The summed E-state index contributed by atoms with van der Waals surface area (Å²) in [6.07, 6.45) is 0. The smallest absolute Gasteiger partial charge is 0.255 e. The van der Waals surface area contributed by atoms with Gasteiger partial charge in [-0.25, -0.2) is 0 Å². The average Bonchev–Trinajstić information content (AvgIpc) is 2.50. The lowest BCUT2D eigenvalue weighted by Gasteiger charge is -2.32. The van der Waals surface area contributed by atoms with Crippen molar-refractivity contribution >= 4 is 24.2 Å². The highest BCUT2D eigenvalue weighted by Gasteiger charge is 2.26. The van der Waals surface area contributed by atoms with E-state index in [-0.39, 0.29) is 48.4 Å². The molecule has 1 aliphatic rings. The Kier molecular flexibility index (Phi) is 7.84. The van der Waals surface area contributed by atoms with Gasteiger partial charge in [0, 0.05) is 43.5 Å². The van der Waals surface area contributed by atoms with Gasteiger partial charge < -0.3 is 20.1 Å². The summed E-state index contributed by atoms with van der Waals surface area (Å²) < 4.78 is 1.38. The minimum Gasteiger partial charge on any atom is -0.352 e. The van der Waals surface area contributed by atoms with Gasteiger partial charge in [0.1, 0.15) is 6.54 Å². The summed E-state index contributed by atoms with van der Waals surface area (Å²) in [5.41, 5.74) is 1.45. The Morgan fingerprint density at radius 2 is 2.00 bits per heavy atom. The first-order chi connectivity index (χ1) is 11.7. The van der Waals surface area contributed by atoms with E-state index in [4.69, 9.17) is 0 Å². The molecule has 0 saturated carbocycles. The molecule has 1 aliphatic heterocycles. The number of hydrogen-bond acceptors (Lipinski definition) is 4. The molecule has 26 heavy (non-hydrogen) atoms. The highest BCUT2D eigenvalue weighted by molar-refractivity contribution is 5.97. The lowest BCUT2D eigenvalue weighted by atomic mass is 10.0. The van der Waals surface area contributed by atoms with Crippen LogP contribution in [0.15, 0.2) is 10.9 Å². The van der Waals surface area contributed by atoms with Gasteiger partial charge in [-0.3, -0.25) is 14.4 Å². The summed E-state index contributed by atoms with van der Waals surface area (Å²) in [4.78, 5) is 39.2. The van der Waals surface area contributed by atoms with Crippen molar-refractivity contribution in [3.05, 3.63) is 33.2 Å². The van der Waals surface area contributed by atoms with Crippen molar-refractivity contribution in [3.63, 3.8) is 0 Å². The number of aryl methyl sites for hydroxylation is 1. The molecule has 146 valence electrons. The minimum absolute atomic E-state index is 0. The minimum atomic E-state index is -0.265. The molecule has 1 aromatic heterocycles. The molecular weight excluding hydrogens is 356 g/mol. The Hall–Kier alpha value is -1.86. The third kappa shape index (κ3) is 5.08. The molecular formula is C18H29ClN4O3. The van der Waals surface area contributed by atoms with E-state index >= 15 is 0 Å². The van der Waals surface area contributed by atoms with Gasteiger partial charge in [0.2, 0.25) is 5.91 Å².